The third kappa shape index (κ3) is 3.23. The summed E-state index contributed by atoms with van der Waals surface area (Å²) in [6.45, 7) is 0. The van der Waals surface area contributed by atoms with E-state index in [0.717, 1.165) is 27.7 Å². The number of anilines is 1. The third-order valence-corrected chi connectivity index (χ3v) is 7.00. The summed E-state index contributed by atoms with van der Waals surface area (Å²) in [5.41, 5.74) is 4.45. The molecular weight excluding hydrogens is 466 g/mol. The average molecular weight is 486 g/mol. The quantitative estimate of drug-likeness (QED) is 0.323. The van der Waals surface area contributed by atoms with E-state index in [1.54, 1.807) is 53.4 Å². The molecule has 174 valence electrons. The highest BCUT2D eigenvalue weighted by molar-refractivity contribution is 6.31. The van der Waals surface area contributed by atoms with Crippen molar-refractivity contribution >= 4 is 46.1 Å². The highest BCUT2D eigenvalue weighted by Crippen LogP contribution is 2.45. The first-order chi connectivity index (χ1) is 17.0. The summed E-state index contributed by atoms with van der Waals surface area (Å²) in [6, 6.07) is 20.0. The first-order valence-electron chi connectivity index (χ1n) is 11.2. The van der Waals surface area contributed by atoms with Crippen LogP contribution in [-0.2, 0) is 16.0 Å². The van der Waals surface area contributed by atoms with E-state index in [1.807, 2.05) is 24.3 Å². The summed E-state index contributed by atoms with van der Waals surface area (Å²) in [4.78, 5) is 45.7. The maximum atomic E-state index is 13.8. The molecule has 6 rings (SSSR count). The molecule has 1 fully saturated rings. The van der Waals surface area contributed by atoms with Crippen molar-refractivity contribution in [1.29, 1.82) is 0 Å². The number of methoxy groups -OCH3 is 1. The Morgan fingerprint density at radius 2 is 1.80 bits per heavy atom. The average Bonchev–Trinajstić information content (AvgIpc) is 3.37. The second-order valence-corrected chi connectivity index (χ2v) is 9.08. The second-order valence-electron chi connectivity index (χ2n) is 8.64. The molecule has 4 aromatic rings. The Hall–Kier alpha value is -4.10. The van der Waals surface area contributed by atoms with Crippen LogP contribution in [0.4, 0.5) is 10.5 Å². The number of amides is 3. The van der Waals surface area contributed by atoms with Gasteiger partial charge < -0.3 is 9.72 Å². The lowest BCUT2D eigenvalue weighted by Crippen LogP contribution is -2.44. The number of H-pyrrole nitrogens is 1. The smallest absolute Gasteiger partial charge is 0.337 e. The molecule has 7 nitrogen and oxygen atoms in total. The normalized spacial score (nSPS) is 19.1. The number of rotatable bonds is 3. The number of aromatic amines is 1. The van der Waals surface area contributed by atoms with Crippen LogP contribution in [0, 0.1) is 0 Å². The third-order valence-electron chi connectivity index (χ3n) is 6.76. The number of halogens is 1. The van der Waals surface area contributed by atoms with Crippen molar-refractivity contribution in [3.05, 3.63) is 100 Å². The van der Waals surface area contributed by atoms with E-state index in [4.69, 9.17) is 16.3 Å². The first-order valence-corrected chi connectivity index (χ1v) is 11.6. The number of carbonyl (C=O) groups excluding carboxylic acids is 3. The van der Waals surface area contributed by atoms with Crippen LogP contribution in [0.1, 0.15) is 33.2 Å². The van der Waals surface area contributed by atoms with E-state index in [2.05, 4.69) is 4.98 Å². The number of nitrogens with zero attached hydrogens (tertiary/aromatic N) is 2. The highest BCUT2D eigenvalue weighted by Gasteiger charge is 2.53. The van der Waals surface area contributed by atoms with Gasteiger partial charge in [0.2, 0.25) is 0 Å². The van der Waals surface area contributed by atoms with Crippen LogP contribution in [-0.4, -0.2) is 40.9 Å². The first kappa shape index (κ1) is 21.4. The van der Waals surface area contributed by atoms with E-state index in [-0.39, 0.29) is 5.91 Å². The van der Waals surface area contributed by atoms with Crippen molar-refractivity contribution in [3.8, 4) is 0 Å². The van der Waals surface area contributed by atoms with Crippen LogP contribution >= 0.6 is 11.6 Å². The van der Waals surface area contributed by atoms with Gasteiger partial charge in [-0.05, 0) is 47.5 Å². The molecule has 0 saturated carbocycles. The molecule has 35 heavy (non-hydrogen) atoms. The number of carbonyl (C=O) groups is 3. The number of para-hydroxylation sites is 1. The zero-order chi connectivity index (χ0) is 24.3. The number of fused-ring (bicyclic) bond motifs is 4. The molecule has 2 aliphatic rings. The lowest BCUT2D eigenvalue weighted by molar-refractivity contribution is -0.120. The number of esters is 1. The number of benzene rings is 3. The molecule has 0 radical (unpaired) electrons. The van der Waals surface area contributed by atoms with Gasteiger partial charge in [0.1, 0.15) is 12.1 Å². The molecular formula is C27H20ClN3O4. The van der Waals surface area contributed by atoms with Crippen LogP contribution in [0.2, 0.25) is 5.02 Å². The Kier molecular flexibility index (Phi) is 4.89. The molecule has 0 spiro atoms. The van der Waals surface area contributed by atoms with E-state index in [0.29, 0.717) is 22.7 Å². The molecule has 8 heteroatoms. The zero-order valence-corrected chi connectivity index (χ0v) is 19.5. The molecule has 2 atom stereocenters. The van der Waals surface area contributed by atoms with E-state index >= 15 is 0 Å². The monoisotopic (exact) mass is 485 g/mol. The largest absolute Gasteiger partial charge is 0.465 e. The molecule has 3 aromatic carbocycles. The Bertz CT molecular complexity index is 1510. The minimum atomic E-state index is -0.668. The molecule has 2 aliphatic heterocycles. The van der Waals surface area contributed by atoms with Crippen LogP contribution in [0.15, 0.2) is 72.8 Å². The van der Waals surface area contributed by atoms with Crippen molar-refractivity contribution < 1.29 is 19.1 Å². The molecule has 3 amide bonds. The van der Waals surface area contributed by atoms with Crippen LogP contribution in [0.25, 0.3) is 10.9 Å². The van der Waals surface area contributed by atoms with Crippen molar-refractivity contribution in [2.45, 2.75) is 18.5 Å². The van der Waals surface area contributed by atoms with Gasteiger partial charge in [-0.2, -0.15) is 0 Å². The number of hydrogen-bond donors (Lipinski definition) is 1. The van der Waals surface area contributed by atoms with E-state index < -0.39 is 24.1 Å². The second kappa shape index (κ2) is 7.99. The molecule has 3 heterocycles. The van der Waals surface area contributed by atoms with Crippen molar-refractivity contribution in [3.63, 3.8) is 0 Å². The summed E-state index contributed by atoms with van der Waals surface area (Å²) >= 11 is 6.16. The number of ether oxygens (including phenoxy) is 1. The summed E-state index contributed by atoms with van der Waals surface area (Å²) in [5, 5.41) is 1.47. The lowest BCUT2D eigenvalue weighted by atomic mass is 9.88. The number of aromatic nitrogens is 1. The number of urea groups is 1. The fourth-order valence-electron chi connectivity index (χ4n) is 5.19. The van der Waals surface area contributed by atoms with Gasteiger partial charge in [-0.3, -0.25) is 9.69 Å². The molecule has 1 aromatic heterocycles. The fraction of sp³-hybridized carbons (Fsp3) is 0.148. The minimum absolute atomic E-state index is 0.288. The molecule has 1 saturated heterocycles. The van der Waals surface area contributed by atoms with Crippen LogP contribution in [0.3, 0.4) is 0 Å². The summed E-state index contributed by atoms with van der Waals surface area (Å²) in [7, 11) is 1.33. The molecule has 1 N–H and O–H groups in total. The zero-order valence-electron chi connectivity index (χ0n) is 18.7. The van der Waals surface area contributed by atoms with Gasteiger partial charge in [-0.15, -0.1) is 0 Å². The highest BCUT2D eigenvalue weighted by atomic mass is 35.5. The summed E-state index contributed by atoms with van der Waals surface area (Å²) in [5.74, 6) is -0.728. The van der Waals surface area contributed by atoms with Crippen molar-refractivity contribution in [2.24, 2.45) is 0 Å². The van der Waals surface area contributed by atoms with Crippen molar-refractivity contribution in [2.75, 3.05) is 12.0 Å². The van der Waals surface area contributed by atoms with Gasteiger partial charge in [0, 0.05) is 28.0 Å². The summed E-state index contributed by atoms with van der Waals surface area (Å²) < 4.78 is 4.82. The maximum Gasteiger partial charge on any atom is 0.337 e. The number of imide groups is 1. The SMILES string of the molecule is COC(=O)c1ccc(C2c3[nH]c4ccccc4c3CC3C(=O)N(c4cccc(Cl)c4)C(=O)N32)cc1. The van der Waals surface area contributed by atoms with Gasteiger partial charge >= 0.3 is 12.0 Å². The predicted molar refractivity (Wildman–Crippen MR) is 132 cm³/mol. The fourth-order valence-corrected chi connectivity index (χ4v) is 5.38. The Morgan fingerprint density at radius 3 is 2.54 bits per heavy atom. The number of nitrogens with one attached hydrogen (secondary N) is 1. The molecule has 0 aliphatic carbocycles. The van der Waals surface area contributed by atoms with Crippen molar-refractivity contribution in [1.82, 2.24) is 9.88 Å². The molecule has 0 bridgehead atoms. The lowest BCUT2D eigenvalue weighted by Gasteiger charge is -2.36. The van der Waals surface area contributed by atoms with Gasteiger partial charge in [0.25, 0.3) is 5.91 Å². The van der Waals surface area contributed by atoms with E-state index in [1.165, 1.54) is 12.0 Å². The topological polar surface area (TPSA) is 82.7 Å². The van der Waals surface area contributed by atoms with Gasteiger partial charge in [-0.25, -0.2) is 14.5 Å². The summed E-state index contributed by atoms with van der Waals surface area (Å²) in [6.07, 6.45) is 0.401. The standard InChI is InChI=1S/C27H20ClN3O4/c1-35-26(33)16-11-9-15(10-12-16)24-23-20(19-7-2-3-8-21(19)29-23)14-22-25(32)30(27(34)31(22)24)18-6-4-5-17(28)13-18/h2-13,22,24,29H,14H2,1H3. The van der Waals surface area contributed by atoms with Gasteiger partial charge in [0.15, 0.2) is 0 Å². The van der Waals surface area contributed by atoms with Gasteiger partial charge in [0.05, 0.1) is 18.4 Å². The Morgan fingerprint density at radius 1 is 1.03 bits per heavy atom. The van der Waals surface area contributed by atoms with Crippen LogP contribution in [0.5, 0.6) is 0 Å². The number of hydrogen-bond acceptors (Lipinski definition) is 4. The Balaban J connectivity index is 1.52. The van der Waals surface area contributed by atoms with E-state index in [9.17, 15) is 14.4 Å². The maximum absolute atomic E-state index is 13.8. The Labute approximate surface area is 205 Å². The van der Waals surface area contributed by atoms with Gasteiger partial charge in [-0.1, -0.05) is 48.0 Å². The predicted octanol–water partition coefficient (Wildman–Crippen LogP) is 5.09. The van der Waals surface area contributed by atoms with Crippen LogP contribution < -0.4 is 4.90 Å². The minimum Gasteiger partial charge on any atom is -0.465 e. The molecule has 2 unspecified atom stereocenters.